The third-order valence-electron chi connectivity index (χ3n) is 7.34. The Balaban J connectivity index is 1.32. The van der Waals surface area contributed by atoms with Crippen molar-refractivity contribution in [1.82, 2.24) is 34.7 Å². The van der Waals surface area contributed by atoms with Crippen molar-refractivity contribution in [3.8, 4) is 33.9 Å². The van der Waals surface area contributed by atoms with E-state index >= 15 is 4.39 Å². The van der Waals surface area contributed by atoms with Crippen LogP contribution in [0.1, 0.15) is 19.3 Å². The van der Waals surface area contributed by atoms with Crippen LogP contribution in [0.15, 0.2) is 61.2 Å². The molecule has 40 heavy (non-hydrogen) atoms. The lowest BCUT2D eigenvalue weighted by Gasteiger charge is -2.24. The summed E-state index contributed by atoms with van der Waals surface area (Å²) in [5.74, 6) is -0.690. The summed E-state index contributed by atoms with van der Waals surface area (Å²) < 4.78 is 31.7. The van der Waals surface area contributed by atoms with E-state index in [2.05, 4.69) is 35.3 Å². The molecular weight excluding hydrogens is 514 g/mol. The van der Waals surface area contributed by atoms with Gasteiger partial charge in [-0.15, -0.1) is 0 Å². The van der Waals surface area contributed by atoms with Gasteiger partial charge in [0.1, 0.15) is 17.2 Å². The van der Waals surface area contributed by atoms with Gasteiger partial charge >= 0.3 is 0 Å². The Hall–Kier alpha value is -5.06. The number of aromatic amines is 1. The molecule has 0 aliphatic heterocycles. The van der Waals surface area contributed by atoms with Crippen molar-refractivity contribution in [3.05, 3.63) is 72.8 Å². The summed E-state index contributed by atoms with van der Waals surface area (Å²) >= 11 is 0. The summed E-state index contributed by atoms with van der Waals surface area (Å²) in [6.45, 7) is 0. The number of aromatic nitrogens is 7. The minimum Gasteiger partial charge on any atom is -0.335 e. The molecule has 0 saturated heterocycles. The van der Waals surface area contributed by atoms with Crippen LogP contribution in [0.5, 0.6) is 0 Å². The highest BCUT2D eigenvalue weighted by atomic mass is 19.1. The zero-order valence-corrected chi connectivity index (χ0v) is 21.3. The first-order chi connectivity index (χ1) is 19.5. The summed E-state index contributed by atoms with van der Waals surface area (Å²) in [4.78, 5) is 33.1. The topological polar surface area (TPSA) is 114 Å². The quantitative estimate of drug-likeness (QED) is 0.294. The molecule has 11 heteroatoms. The van der Waals surface area contributed by atoms with Crippen LogP contribution in [0.4, 0.5) is 14.5 Å². The average Bonchev–Trinajstić information content (AvgIpc) is 3.49. The molecule has 5 aromatic heterocycles. The standard InChI is InChI=1S/C29H22F2N8O/c1-39-21-14-34-24(17-11-19(13-32-12-17)35-29(40)15-4-2-5-15)23(31)22(21)26(38-39)28-36-25-20(8-9-33-27(25)37-28)16-6-3-7-18(30)10-16/h3,6-15H,2,4-5H2,1H3,(H,35,40)(H,33,36,37). The zero-order valence-electron chi connectivity index (χ0n) is 21.3. The number of fused-ring (bicyclic) bond motifs is 2. The molecule has 1 amide bonds. The highest BCUT2D eigenvalue weighted by Crippen LogP contribution is 2.35. The van der Waals surface area contributed by atoms with Crippen LogP contribution in [-0.4, -0.2) is 40.6 Å². The van der Waals surface area contributed by atoms with Crippen molar-refractivity contribution in [2.75, 3.05) is 5.32 Å². The van der Waals surface area contributed by atoms with Gasteiger partial charge in [-0.05, 0) is 42.7 Å². The van der Waals surface area contributed by atoms with Crippen molar-refractivity contribution in [1.29, 1.82) is 0 Å². The summed E-state index contributed by atoms with van der Waals surface area (Å²) in [6.07, 6.45) is 8.96. The van der Waals surface area contributed by atoms with Crippen LogP contribution in [-0.2, 0) is 11.8 Å². The zero-order chi connectivity index (χ0) is 27.4. The molecule has 9 nitrogen and oxygen atoms in total. The largest absolute Gasteiger partial charge is 0.335 e. The maximum absolute atomic E-state index is 16.2. The van der Waals surface area contributed by atoms with E-state index < -0.39 is 5.82 Å². The molecule has 0 unspecified atom stereocenters. The van der Waals surface area contributed by atoms with Crippen LogP contribution in [0.25, 0.3) is 56.0 Å². The highest BCUT2D eigenvalue weighted by molar-refractivity contribution is 5.98. The second-order valence-electron chi connectivity index (χ2n) is 9.89. The number of aryl methyl sites for hydroxylation is 1. The molecule has 2 N–H and O–H groups in total. The summed E-state index contributed by atoms with van der Waals surface area (Å²) in [6, 6.07) is 9.66. The molecule has 7 rings (SSSR count). The van der Waals surface area contributed by atoms with Gasteiger partial charge in [-0.2, -0.15) is 5.10 Å². The van der Waals surface area contributed by atoms with E-state index in [1.165, 1.54) is 29.2 Å². The Labute approximate surface area is 226 Å². The fraction of sp³-hybridized carbons (Fsp3) is 0.172. The van der Waals surface area contributed by atoms with E-state index in [9.17, 15) is 9.18 Å². The van der Waals surface area contributed by atoms with Crippen LogP contribution < -0.4 is 5.32 Å². The van der Waals surface area contributed by atoms with E-state index in [0.717, 1.165) is 19.3 Å². The third kappa shape index (κ3) is 3.98. The maximum Gasteiger partial charge on any atom is 0.227 e. The lowest BCUT2D eigenvalue weighted by atomic mass is 9.85. The fourth-order valence-corrected chi connectivity index (χ4v) is 5.04. The number of hydrogen-bond acceptors (Lipinski definition) is 6. The van der Waals surface area contributed by atoms with E-state index in [1.54, 1.807) is 43.7 Å². The number of rotatable bonds is 5. The van der Waals surface area contributed by atoms with Crippen molar-refractivity contribution in [3.63, 3.8) is 0 Å². The predicted octanol–water partition coefficient (Wildman–Crippen LogP) is 5.65. The van der Waals surface area contributed by atoms with Crippen molar-refractivity contribution < 1.29 is 13.6 Å². The van der Waals surface area contributed by atoms with Crippen LogP contribution in [0, 0.1) is 17.6 Å². The number of amides is 1. The maximum atomic E-state index is 16.2. The minimum atomic E-state index is -0.594. The number of benzene rings is 1. The Morgan fingerprint density at radius 1 is 1.05 bits per heavy atom. The van der Waals surface area contributed by atoms with Crippen LogP contribution in [0.2, 0.25) is 0 Å². The van der Waals surface area contributed by atoms with Crippen LogP contribution >= 0.6 is 0 Å². The summed E-state index contributed by atoms with van der Waals surface area (Å²) in [5.41, 5.74) is 4.06. The Morgan fingerprint density at radius 2 is 1.93 bits per heavy atom. The normalized spacial score (nSPS) is 13.6. The summed E-state index contributed by atoms with van der Waals surface area (Å²) in [5, 5.41) is 7.64. The van der Waals surface area contributed by atoms with E-state index in [0.29, 0.717) is 44.9 Å². The van der Waals surface area contributed by atoms with Gasteiger partial charge < -0.3 is 10.3 Å². The molecule has 1 fully saturated rings. The van der Waals surface area contributed by atoms with Gasteiger partial charge in [0.25, 0.3) is 0 Å². The number of carbonyl (C=O) groups is 1. The van der Waals surface area contributed by atoms with Gasteiger partial charge in [-0.1, -0.05) is 18.6 Å². The molecule has 0 bridgehead atoms. The van der Waals surface area contributed by atoms with Gasteiger partial charge in [-0.3, -0.25) is 19.4 Å². The van der Waals surface area contributed by atoms with Crippen LogP contribution in [0.3, 0.4) is 0 Å². The number of nitrogens with zero attached hydrogens (tertiary/aromatic N) is 6. The van der Waals surface area contributed by atoms with E-state index in [-0.39, 0.29) is 34.4 Å². The van der Waals surface area contributed by atoms with Crippen molar-refractivity contribution in [2.45, 2.75) is 19.3 Å². The number of carbonyl (C=O) groups excluding carboxylic acids is 1. The second-order valence-corrected chi connectivity index (χ2v) is 9.89. The molecular formula is C29H22F2N8O. The first-order valence-electron chi connectivity index (χ1n) is 12.8. The molecule has 1 aliphatic rings. The molecule has 198 valence electrons. The number of H-pyrrole nitrogens is 1. The molecule has 0 radical (unpaired) electrons. The van der Waals surface area contributed by atoms with Gasteiger partial charge in [0.15, 0.2) is 17.3 Å². The molecule has 1 aliphatic carbocycles. The monoisotopic (exact) mass is 536 g/mol. The number of anilines is 1. The van der Waals surface area contributed by atoms with Gasteiger partial charge in [0.2, 0.25) is 5.91 Å². The Morgan fingerprint density at radius 3 is 2.73 bits per heavy atom. The lowest BCUT2D eigenvalue weighted by molar-refractivity contribution is -0.122. The second kappa shape index (κ2) is 9.30. The van der Waals surface area contributed by atoms with E-state index in [1.807, 2.05) is 0 Å². The lowest BCUT2D eigenvalue weighted by Crippen LogP contribution is -2.28. The number of hydrogen-bond donors (Lipinski definition) is 2. The Kier molecular flexibility index (Phi) is 5.58. The predicted molar refractivity (Wildman–Crippen MR) is 146 cm³/mol. The molecule has 1 saturated carbocycles. The average molecular weight is 537 g/mol. The highest BCUT2D eigenvalue weighted by Gasteiger charge is 2.26. The first kappa shape index (κ1) is 24.0. The van der Waals surface area contributed by atoms with Gasteiger partial charge in [0.05, 0.1) is 34.5 Å². The van der Waals surface area contributed by atoms with Gasteiger partial charge in [-0.25, -0.2) is 18.7 Å². The minimum absolute atomic E-state index is 0.00699. The third-order valence-corrected chi connectivity index (χ3v) is 7.34. The Bertz CT molecular complexity index is 1940. The molecule has 6 aromatic rings. The molecule has 1 aromatic carbocycles. The molecule has 0 atom stereocenters. The summed E-state index contributed by atoms with van der Waals surface area (Å²) in [7, 11) is 1.70. The number of halogens is 2. The smallest absolute Gasteiger partial charge is 0.227 e. The van der Waals surface area contributed by atoms with Gasteiger partial charge in [0, 0.05) is 36.5 Å². The fourth-order valence-electron chi connectivity index (χ4n) is 5.04. The molecule has 5 heterocycles. The number of imidazole rings is 1. The number of pyridine rings is 3. The van der Waals surface area contributed by atoms with Crippen molar-refractivity contribution in [2.24, 2.45) is 13.0 Å². The molecule has 0 spiro atoms. The first-order valence-corrected chi connectivity index (χ1v) is 12.8. The van der Waals surface area contributed by atoms with E-state index in [4.69, 9.17) is 0 Å². The van der Waals surface area contributed by atoms with Crippen molar-refractivity contribution >= 4 is 33.7 Å². The SMILES string of the molecule is Cn1nc(-c2nc3nccc(-c4cccc(F)c4)c3[nH]2)c2c(F)c(-c3cncc(NC(=O)C4CCC4)c3)ncc21. The number of nitrogens with one attached hydrogen (secondary N) is 2.